The van der Waals surface area contributed by atoms with Crippen LogP contribution in [-0.2, 0) is 0 Å². The highest BCUT2D eigenvalue weighted by Gasteiger charge is 2.05. The van der Waals surface area contributed by atoms with E-state index >= 15 is 0 Å². The summed E-state index contributed by atoms with van der Waals surface area (Å²) in [5.41, 5.74) is 4.60. The Hall–Kier alpha value is -0.870. The average Bonchev–Trinajstić information content (AvgIpc) is 2.29. The van der Waals surface area contributed by atoms with Crippen LogP contribution in [0.2, 0.25) is 0 Å². The van der Waals surface area contributed by atoms with Crippen molar-refractivity contribution in [2.24, 2.45) is 0 Å². The summed E-state index contributed by atoms with van der Waals surface area (Å²) in [7, 11) is 0. The van der Waals surface area contributed by atoms with E-state index in [0.717, 1.165) is 26.0 Å². The number of aryl methyl sites for hydroxylation is 3. The molecule has 0 radical (unpaired) electrons. The SMILES string of the molecule is Cc1cnc(Nc2cc(C)c(Br)c(C)c2)c(Br)c1. The molecular weight excluding hydrogens is 356 g/mol. The third-order valence-corrected chi connectivity index (χ3v) is 4.53. The maximum Gasteiger partial charge on any atom is 0.144 e. The van der Waals surface area contributed by atoms with Crippen molar-refractivity contribution in [1.82, 2.24) is 4.98 Å². The van der Waals surface area contributed by atoms with E-state index in [1.165, 1.54) is 11.1 Å². The lowest BCUT2D eigenvalue weighted by Crippen LogP contribution is -1.96. The van der Waals surface area contributed by atoms with Gasteiger partial charge in [-0.1, -0.05) is 15.9 Å². The lowest BCUT2D eigenvalue weighted by molar-refractivity contribution is 1.24. The van der Waals surface area contributed by atoms with E-state index in [4.69, 9.17) is 0 Å². The van der Waals surface area contributed by atoms with Gasteiger partial charge < -0.3 is 5.32 Å². The van der Waals surface area contributed by atoms with Gasteiger partial charge in [-0.25, -0.2) is 4.98 Å². The number of anilines is 2. The summed E-state index contributed by atoms with van der Waals surface area (Å²) < 4.78 is 2.13. The van der Waals surface area contributed by atoms with Crippen LogP contribution < -0.4 is 5.32 Å². The van der Waals surface area contributed by atoms with Crippen LogP contribution in [0.3, 0.4) is 0 Å². The zero-order chi connectivity index (χ0) is 13.3. The Morgan fingerprint density at radius 1 is 1.00 bits per heavy atom. The second kappa shape index (κ2) is 5.41. The number of hydrogen-bond donors (Lipinski definition) is 1. The normalized spacial score (nSPS) is 10.5. The van der Waals surface area contributed by atoms with Crippen LogP contribution in [0.4, 0.5) is 11.5 Å². The van der Waals surface area contributed by atoms with Crippen LogP contribution in [0.15, 0.2) is 33.3 Å². The minimum absolute atomic E-state index is 0.835. The standard InChI is InChI=1S/C14H14Br2N2/c1-8-4-12(15)14(17-7-8)18-11-5-9(2)13(16)10(3)6-11/h4-7H,1-3H3,(H,17,18). The maximum absolute atomic E-state index is 4.39. The molecule has 0 fully saturated rings. The quantitative estimate of drug-likeness (QED) is 0.779. The predicted octanol–water partition coefficient (Wildman–Crippen LogP) is 5.28. The Bertz CT molecular complexity index is 571. The molecule has 1 N–H and O–H groups in total. The van der Waals surface area contributed by atoms with Crippen LogP contribution in [0.1, 0.15) is 16.7 Å². The van der Waals surface area contributed by atoms with Crippen molar-refractivity contribution in [3.05, 3.63) is 50.0 Å². The van der Waals surface area contributed by atoms with Crippen molar-refractivity contribution in [2.75, 3.05) is 5.32 Å². The lowest BCUT2D eigenvalue weighted by atomic mass is 10.1. The molecule has 0 atom stereocenters. The van der Waals surface area contributed by atoms with E-state index in [-0.39, 0.29) is 0 Å². The van der Waals surface area contributed by atoms with Gasteiger partial charge in [0.25, 0.3) is 0 Å². The summed E-state index contributed by atoms with van der Waals surface area (Å²) in [5.74, 6) is 0.835. The molecule has 18 heavy (non-hydrogen) atoms. The smallest absolute Gasteiger partial charge is 0.144 e. The van der Waals surface area contributed by atoms with Crippen LogP contribution in [-0.4, -0.2) is 4.98 Å². The van der Waals surface area contributed by atoms with Crippen molar-refractivity contribution in [3.8, 4) is 0 Å². The highest BCUT2D eigenvalue weighted by molar-refractivity contribution is 9.11. The van der Waals surface area contributed by atoms with Gasteiger partial charge in [0.2, 0.25) is 0 Å². The molecule has 0 aliphatic carbocycles. The molecule has 2 rings (SSSR count). The fraction of sp³-hybridized carbons (Fsp3) is 0.214. The molecule has 0 bridgehead atoms. The molecule has 94 valence electrons. The molecule has 0 saturated carbocycles. The summed E-state index contributed by atoms with van der Waals surface area (Å²) in [6.45, 7) is 6.19. The summed E-state index contributed by atoms with van der Waals surface area (Å²) in [6, 6.07) is 6.25. The largest absolute Gasteiger partial charge is 0.339 e. The van der Waals surface area contributed by atoms with Crippen molar-refractivity contribution in [1.29, 1.82) is 0 Å². The summed E-state index contributed by atoms with van der Waals surface area (Å²) in [5, 5.41) is 3.33. The van der Waals surface area contributed by atoms with Crippen molar-refractivity contribution in [2.45, 2.75) is 20.8 Å². The van der Waals surface area contributed by atoms with Crippen LogP contribution in [0, 0.1) is 20.8 Å². The van der Waals surface area contributed by atoms with Crippen LogP contribution in [0.5, 0.6) is 0 Å². The first kappa shape index (κ1) is 13.6. The van der Waals surface area contributed by atoms with Crippen LogP contribution >= 0.6 is 31.9 Å². The Morgan fingerprint density at radius 2 is 1.61 bits per heavy atom. The molecule has 0 aliphatic rings. The average molecular weight is 370 g/mol. The molecule has 0 unspecified atom stereocenters. The number of benzene rings is 1. The first-order valence-electron chi connectivity index (χ1n) is 5.63. The number of hydrogen-bond acceptors (Lipinski definition) is 2. The third-order valence-electron chi connectivity index (χ3n) is 2.68. The minimum atomic E-state index is 0.835. The molecule has 0 aliphatic heterocycles. The summed E-state index contributed by atoms with van der Waals surface area (Å²) in [4.78, 5) is 4.39. The summed E-state index contributed by atoms with van der Waals surface area (Å²) >= 11 is 7.09. The number of nitrogens with one attached hydrogen (secondary N) is 1. The molecule has 2 nitrogen and oxygen atoms in total. The van der Waals surface area contributed by atoms with E-state index in [1.54, 1.807) is 0 Å². The van der Waals surface area contributed by atoms with Gasteiger partial charge in [0.1, 0.15) is 5.82 Å². The van der Waals surface area contributed by atoms with E-state index in [1.807, 2.05) is 19.2 Å². The fourth-order valence-electron chi connectivity index (χ4n) is 1.78. The van der Waals surface area contributed by atoms with E-state index in [0.29, 0.717) is 0 Å². The predicted molar refractivity (Wildman–Crippen MR) is 83.6 cm³/mol. The van der Waals surface area contributed by atoms with Gasteiger partial charge in [-0.2, -0.15) is 0 Å². The molecular formula is C14H14Br2N2. The number of aromatic nitrogens is 1. The molecule has 1 heterocycles. The Kier molecular flexibility index (Phi) is 4.07. The van der Waals surface area contributed by atoms with Gasteiger partial charge in [0.05, 0.1) is 4.47 Å². The molecule has 1 aromatic carbocycles. The van der Waals surface area contributed by atoms with Gasteiger partial charge in [0.15, 0.2) is 0 Å². The maximum atomic E-state index is 4.39. The van der Waals surface area contributed by atoms with Crippen molar-refractivity contribution >= 4 is 43.4 Å². The van der Waals surface area contributed by atoms with Crippen molar-refractivity contribution in [3.63, 3.8) is 0 Å². The number of rotatable bonds is 2. The lowest BCUT2D eigenvalue weighted by Gasteiger charge is -2.11. The van der Waals surface area contributed by atoms with Gasteiger partial charge in [-0.3, -0.25) is 0 Å². The van der Waals surface area contributed by atoms with Gasteiger partial charge >= 0.3 is 0 Å². The Balaban J connectivity index is 2.34. The van der Waals surface area contributed by atoms with E-state index < -0.39 is 0 Å². The van der Waals surface area contributed by atoms with Gasteiger partial charge in [0, 0.05) is 16.4 Å². The van der Waals surface area contributed by atoms with E-state index in [2.05, 4.69) is 68.1 Å². The monoisotopic (exact) mass is 368 g/mol. The second-order valence-electron chi connectivity index (χ2n) is 4.39. The molecule has 0 saturated heterocycles. The molecule has 0 spiro atoms. The number of pyridine rings is 1. The van der Waals surface area contributed by atoms with Crippen LogP contribution in [0.25, 0.3) is 0 Å². The highest BCUT2D eigenvalue weighted by Crippen LogP contribution is 2.29. The van der Waals surface area contributed by atoms with E-state index in [9.17, 15) is 0 Å². The zero-order valence-corrected chi connectivity index (χ0v) is 13.7. The topological polar surface area (TPSA) is 24.9 Å². The van der Waals surface area contributed by atoms with Crippen molar-refractivity contribution < 1.29 is 0 Å². The number of nitrogens with zero attached hydrogens (tertiary/aromatic N) is 1. The fourth-order valence-corrected chi connectivity index (χ4v) is 2.57. The molecule has 2 aromatic rings. The third kappa shape index (κ3) is 2.93. The summed E-state index contributed by atoms with van der Waals surface area (Å²) in [6.07, 6.45) is 1.85. The second-order valence-corrected chi connectivity index (χ2v) is 6.04. The van der Waals surface area contributed by atoms with Gasteiger partial charge in [-0.05, 0) is 71.6 Å². The highest BCUT2D eigenvalue weighted by atomic mass is 79.9. The minimum Gasteiger partial charge on any atom is -0.339 e. The Labute approximate surface area is 124 Å². The first-order valence-corrected chi connectivity index (χ1v) is 7.22. The number of halogens is 2. The molecule has 0 amide bonds. The van der Waals surface area contributed by atoms with Gasteiger partial charge in [-0.15, -0.1) is 0 Å². The Morgan fingerprint density at radius 3 is 2.17 bits per heavy atom. The first-order chi connectivity index (χ1) is 8.47. The molecule has 1 aromatic heterocycles. The molecule has 4 heteroatoms. The zero-order valence-electron chi connectivity index (χ0n) is 10.5.